The largest absolute Gasteiger partial charge is 0.279 e. The Labute approximate surface area is 99.9 Å². The van der Waals surface area contributed by atoms with E-state index in [-0.39, 0.29) is 5.56 Å². The lowest BCUT2D eigenvalue weighted by Gasteiger charge is -2.24. The second-order valence-corrected chi connectivity index (χ2v) is 4.12. The molecule has 0 saturated carbocycles. The number of hydrogen-bond acceptors (Lipinski definition) is 0. The quantitative estimate of drug-likeness (QED) is 0.726. The fourth-order valence-electron chi connectivity index (χ4n) is 1.86. The highest BCUT2D eigenvalue weighted by Gasteiger charge is 2.38. The van der Waals surface area contributed by atoms with Gasteiger partial charge in [-0.15, -0.1) is 0 Å². The van der Waals surface area contributed by atoms with Gasteiger partial charge in [0.1, 0.15) is 0 Å². The lowest BCUT2D eigenvalue weighted by atomic mass is 9.90. The average Bonchev–Trinajstić information content (AvgIpc) is 2.40. The van der Waals surface area contributed by atoms with Crippen molar-refractivity contribution in [2.24, 2.45) is 0 Å². The van der Waals surface area contributed by atoms with Gasteiger partial charge in [0.2, 0.25) is 0 Å². The molecule has 0 unspecified atom stereocenters. The van der Waals surface area contributed by atoms with E-state index in [1.165, 1.54) is 12.1 Å². The average molecular weight is 232 g/mol. The Bertz CT molecular complexity index is 463. The highest BCUT2D eigenvalue weighted by molar-refractivity contribution is 5.28. The topological polar surface area (TPSA) is 0 Å². The van der Waals surface area contributed by atoms with Crippen molar-refractivity contribution in [3.63, 3.8) is 0 Å². The number of benzene rings is 2. The van der Waals surface area contributed by atoms with E-state index in [0.29, 0.717) is 5.56 Å². The molecule has 0 aromatic heterocycles. The molecule has 0 saturated heterocycles. The molecule has 0 amide bonds. The smallest absolute Gasteiger partial charge is 0.201 e. The van der Waals surface area contributed by atoms with Crippen LogP contribution in [0, 0.1) is 0 Å². The second kappa shape index (κ2) is 4.66. The molecule has 0 nitrogen and oxygen atoms in total. The molecule has 2 aromatic rings. The van der Waals surface area contributed by atoms with Crippen LogP contribution in [0.2, 0.25) is 0 Å². The molecule has 2 aromatic carbocycles. The highest BCUT2D eigenvalue weighted by Crippen LogP contribution is 2.41. The summed E-state index contributed by atoms with van der Waals surface area (Å²) in [6.45, 7) is 1.56. The van der Waals surface area contributed by atoms with Gasteiger partial charge in [0.05, 0.1) is 0 Å². The van der Waals surface area contributed by atoms with Crippen LogP contribution in [-0.4, -0.2) is 0 Å². The van der Waals surface area contributed by atoms with Crippen molar-refractivity contribution >= 4 is 0 Å². The van der Waals surface area contributed by atoms with Gasteiger partial charge < -0.3 is 0 Å². The molecule has 1 atom stereocenters. The summed E-state index contributed by atoms with van der Waals surface area (Å²) in [6, 6.07) is 16.8. The van der Waals surface area contributed by atoms with Gasteiger partial charge in [-0.3, -0.25) is 0 Å². The molecule has 2 heteroatoms. The lowest BCUT2D eigenvalue weighted by Crippen LogP contribution is -2.21. The van der Waals surface area contributed by atoms with E-state index in [4.69, 9.17) is 0 Å². The predicted octanol–water partition coefficient (Wildman–Crippen LogP) is 4.58. The summed E-state index contributed by atoms with van der Waals surface area (Å²) in [5, 5.41) is 0. The third kappa shape index (κ3) is 2.36. The van der Waals surface area contributed by atoms with E-state index in [1.807, 2.05) is 6.07 Å². The predicted molar refractivity (Wildman–Crippen MR) is 65.2 cm³/mol. The van der Waals surface area contributed by atoms with Crippen LogP contribution >= 0.6 is 0 Å². The minimum Gasteiger partial charge on any atom is -0.201 e. The Morgan fingerprint density at radius 2 is 1.29 bits per heavy atom. The molecule has 0 spiro atoms. The number of halogens is 2. The summed E-state index contributed by atoms with van der Waals surface area (Å²) in [5.74, 6) is -3.67. The van der Waals surface area contributed by atoms with Gasteiger partial charge in [-0.25, -0.2) is 8.78 Å². The van der Waals surface area contributed by atoms with E-state index in [2.05, 4.69) is 0 Å². The van der Waals surface area contributed by atoms with Gasteiger partial charge in [0, 0.05) is 11.5 Å². The van der Waals surface area contributed by atoms with Crippen LogP contribution in [0.4, 0.5) is 8.78 Å². The molecule has 88 valence electrons. The molecule has 0 N–H and O–H groups in total. The van der Waals surface area contributed by atoms with Gasteiger partial charge in [-0.2, -0.15) is 0 Å². The van der Waals surface area contributed by atoms with Crippen molar-refractivity contribution < 1.29 is 8.78 Å². The minimum absolute atomic E-state index is 0.0661. The Balaban J connectivity index is 2.33. The lowest BCUT2D eigenvalue weighted by molar-refractivity contribution is -0.0285. The third-order valence-electron chi connectivity index (χ3n) is 3.00. The van der Waals surface area contributed by atoms with Crippen LogP contribution in [0.5, 0.6) is 0 Å². The number of alkyl halides is 2. The molecule has 0 heterocycles. The molecule has 0 bridgehead atoms. The van der Waals surface area contributed by atoms with Crippen molar-refractivity contribution in [2.75, 3.05) is 0 Å². The molecule has 0 aliphatic carbocycles. The summed E-state index contributed by atoms with van der Waals surface area (Å²) in [4.78, 5) is 0. The van der Waals surface area contributed by atoms with Gasteiger partial charge in [-0.1, -0.05) is 67.6 Å². The number of rotatable bonds is 3. The SMILES string of the molecule is C[C@@H](c1ccccc1)C(F)(F)c1ccccc1. The summed E-state index contributed by atoms with van der Waals surface area (Å²) in [6.07, 6.45) is 0. The summed E-state index contributed by atoms with van der Waals surface area (Å²) in [7, 11) is 0. The standard InChI is InChI=1S/C15H14F2/c1-12(13-8-4-2-5-9-13)15(16,17)14-10-6-3-7-11-14/h2-12H,1H3/t12-/m0/s1. The van der Waals surface area contributed by atoms with Gasteiger partial charge in [0.15, 0.2) is 0 Å². The Morgan fingerprint density at radius 1 is 0.824 bits per heavy atom. The number of hydrogen-bond donors (Lipinski definition) is 0. The summed E-state index contributed by atoms with van der Waals surface area (Å²) < 4.78 is 28.5. The van der Waals surface area contributed by atoms with Crippen LogP contribution in [0.3, 0.4) is 0 Å². The minimum atomic E-state index is -2.84. The van der Waals surface area contributed by atoms with Crippen molar-refractivity contribution in [1.82, 2.24) is 0 Å². The maximum Gasteiger partial charge on any atom is 0.279 e. The monoisotopic (exact) mass is 232 g/mol. The zero-order chi connectivity index (χ0) is 12.3. The second-order valence-electron chi connectivity index (χ2n) is 4.12. The zero-order valence-corrected chi connectivity index (χ0v) is 9.61. The normalized spacial score (nSPS) is 13.4. The highest BCUT2D eigenvalue weighted by atomic mass is 19.3. The van der Waals surface area contributed by atoms with Crippen molar-refractivity contribution in [2.45, 2.75) is 18.8 Å². The van der Waals surface area contributed by atoms with Crippen LogP contribution in [0.15, 0.2) is 60.7 Å². The van der Waals surface area contributed by atoms with Crippen molar-refractivity contribution in [1.29, 1.82) is 0 Å². The van der Waals surface area contributed by atoms with E-state index in [1.54, 1.807) is 49.4 Å². The Hall–Kier alpha value is -1.70. The molecule has 0 fully saturated rings. The maximum absolute atomic E-state index is 14.2. The third-order valence-corrected chi connectivity index (χ3v) is 3.00. The van der Waals surface area contributed by atoms with Gasteiger partial charge >= 0.3 is 0 Å². The molecular formula is C15H14F2. The van der Waals surface area contributed by atoms with E-state index >= 15 is 0 Å². The van der Waals surface area contributed by atoms with Crippen LogP contribution in [0.25, 0.3) is 0 Å². The van der Waals surface area contributed by atoms with Gasteiger partial charge in [0.25, 0.3) is 5.92 Å². The van der Waals surface area contributed by atoms with E-state index in [9.17, 15) is 8.78 Å². The Kier molecular flexibility index (Phi) is 3.23. The van der Waals surface area contributed by atoms with Crippen LogP contribution < -0.4 is 0 Å². The molecular weight excluding hydrogens is 218 g/mol. The molecule has 0 aliphatic heterocycles. The molecule has 0 radical (unpaired) electrons. The molecule has 17 heavy (non-hydrogen) atoms. The summed E-state index contributed by atoms with van der Waals surface area (Å²) in [5.41, 5.74) is 0.720. The first kappa shape index (κ1) is 11.8. The van der Waals surface area contributed by atoms with Crippen LogP contribution in [-0.2, 0) is 5.92 Å². The first-order chi connectivity index (χ1) is 8.12. The zero-order valence-electron chi connectivity index (χ0n) is 9.61. The first-order valence-corrected chi connectivity index (χ1v) is 5.60. The molecule has 2 rings (SSSR count). The fourth-order valence-corrected chi connectivity index (χ4v) is 1.86. The van der Waals surface area contributed by atoms with E-state index in [0.717, 1.165) is 0 Å². The maximum atomic E-state index is 14.2. The molecule has 0 aliphatic rings. The van der Waals surface area contributed by atoms with Gasteiger partial charge in [-0.05, 0) is 5.56 Å². The van der Waals surface area contributed by atoms with Crippen molar-refractivity contribution in [3.05, 3.63) is 71.8 Å². The first-order valence-electron chi connectivity index (χ1n) is 5.60. The van der Waals surface area contributed by atoms with Crippen molar-refractivity contribution in [3.8, 4) is 0 Å². The summed E-state index contributed by atoms with van der Waals surface area (Å²) >= 11 is 0. The van der Waals surface area contributed by atoms with Crippen LogP contribution in [0.1, 0.15) is 24.0 Å². The van der Waals surface area contributed by atoms with E-state index < -0.39 is 11.8 Å². The Morgan fingerprint density at radius 3 is 1.82 bits per heavy atom. The fraction of sp³-hybridized carbons (Fsp3) is 0.200.